The number of halogens is 1. The Morgan fingerprint density at radius 2 is 1.84 bits per heavy atom. The first kappa shape index (κ1) is 13.6. The molecule has 98 valence electrons. The summed E-state index contributed by atoms with van der Waals surface area (Å²) in [6, 6.07) is 7.74. The molecule has 3 heteroatoms. The van der Waals surface area contributed by atoms with Crippen molar-refractivity contribution in [3.05, 3.63) is 64.2 Å². The third-order valence-corrected chi connectivity index (χ3v) is 3.31. The molecule has 0 saturated heterocycles. The average Bonchev–Trinajstić information content (AvgIpc) is 2.55. The zero-order valence-corrected chi connectivity index (χ0v) is 11.8. The number of allylic oxidation sites excluding steroid dienone is 4. The van der Waals surface area contributed by atoms with Gasteiger partial charge in [0.1, 0.15) is 0 Å². The highest BCUT2D eigenvalue weighted by Gasteiger charge is 2.12. The summed E-state index contributed by atoms with van der Waals surface area (Å²) in [6.45, 7) is 3.96. The van der Waals surface area contributed by atoms with Gasteiger partial charge in [-0.15, -0.1) is 0 Å². The molecule has 1 N–H and O–H groups in total. The SMILES string of the molecule is CC1=C(C(=O)Nc2ccc(C)cc2)C=CC(Cl)=CC1. The first-order valence-corrected chi connectivity index (χ1v) is 6.55. The minimum Gasteiger partial charge on any atom is -0.322 e. The van der Waals surface area contributed by atoms with Crippen molar-refractivity contribution in [1.29, 1.82) is 0 Å². The van der Waals surface area contributed by atoms with Crippen LogP contribution >= 0.6 is 11.6 Å². The highest BCUT2D eigenvalue weighted by Crippen LogP contribution is 2.21. The van der Waals surface area contributed by atoms with Gasteiger partial charge in [-0.2, -0.15) is 0 Å². The van der Waals surface area contributed by atoms with E-state index < -0.39 is 0 Å². The molecule has 1 aromatic carbocycles. The maximum absolute atomic E-state index is 12.2. The minimum atomic E-state index is -0.0997. The van der Waals surface area contributed by atoms with Crippen LogP contribution in [0.25, 0.3) is 0 Å². The molecule has 0 bridgehead atoms. The average molecular weight is 274 g/mol. The summed E-state index contributed by atoms with van der Waals surface area (Å²) in [7, 11) is 0. The largest absolute Gasteiger partial charge is 0.322 e. The lowest BCUT2D eigenvalue weighted by atomic mass is 10.1. The number of hydrogen-bond donors (Lipinski definition) is 1. The molecule has 0 unspecified atom stereocenters. The molecule has 1 aliphatic carbocycles. The molecule has 0 radical (unpaired) electrons. The Morgan fingerprint density at radius 3 is 2.53 bits per heavy atom. The monoisotopic (exact) mass is 273 g/mol. The predicted molar refractivity (Wildman–Crippen MR) is 80.2 cm³/mol. The maximum atomic E-state index is 12.2. The molecule has 2 rings (SSSR count). The topological polar surface area (TPSA) is 29.1 Å². The Labute approximate surface area is 118 Å². The van der Waals surface area contributed by atoms with Gasteiger partial charge in [-0.1, -0.05) is 40.9 Å². The van der Waals surface area contributed by atoms with Crippen LogP contribution in [0.2, 0.25) is 0 Å². The van der Waals surface area contributed by atoms with Gasteiger partial charge in [0.25, 0.3) is 5.91 Å². The number of aryl methyl sites for hydroxylation is 1. The number of nitrogens with one attached hydrogen (secondary N) is 1. The van der Waals surface area contributed by atoms with Crippen LogP contribution in [0.3, 0.4) is 0 Å². The van der Waals surface area contributed by atoms with Crippen molar-refractivity contribution in [3.63, 3.8) is 0 Å². The van der Waals surface area contributed by atoms with Crippen LogP contribution in [0.5, 0.6) is 0 Å². The van der Waals surface area contributed by atoms with Crippen molar-refractivity contribution in [2.75, 3.05) is 5.32 Å². The molecule has 1 aromatic rings. The van der Waals surface area contributed by atoms with Crippen LogP contribution in [-0.4, -0.2) is 5.91 Å². The zero-order valence-electron chi connectivity index (χ0n) is 11.0. The van der Waals surface area contributed by atoms with E-state index in [0.717, 1.165) is 11.3 Å². The lowest BCUT2D eigenvalue weighted by molar-refractivity contribution is -0.112. The molecule has 1 amide bonds. The molecule has 0 heterocycles. The summed E-state index contributed by atoms with van der Waals surface area (Å²) in [4.78, 5) is 12.2. The molecule has 0 atom stereocenters. The molecular formula is C16H16ClNO. The second-order valence-electron chi connectivity index (χ2n) is 4.64. The van der Waals surface area contributed by atoms with Crippen LogP contribution in [-0.2, 0) is 4.79 Å². The van der Waals surface area contributed by atoms with Gasteiger partial charge in [0.2, 0.25) is 0 Å². The quantitative estimate of drug-likeness (QED) is 0.854. The summed E-state index contributed by atoms with van der Waals surface area (Å²) in [5, 5.41) is 3.56. The number of hydrogen-bond acceptors (Lipinski definition) is 1. The Bertz CT molecular complexity index is 579. The molecule has 0 fully saturated rings. The summed E-state index contributed by atoms with van der Waals surface area (Å²) < 4.78 is 0. The van der Waals surface area contributed by atoms with Crippen molar-refractivity contribution in [1.82, 2.24) is 0 Å². The Kier molecular flexibility index (Phi) is 4.23. The molecule has 0 saturated carbocycles. The zero-order chi connectivity index (χ0) is 13.8. The molecule has 19 heavy (non-hydrogen) atoms. The second-order valence-corrected chi connectivity index (χ2v) is 5.08. The maximum Gasteiger partial charge on any atom is 0.255 e. The number of benzene rings is 1. The summed E-state index contributed by atoms with van der Waals surface area (Å²) in [5.41, 5.74) is 3.65. The van der Waals surface area contributed by atoms with E-state index in [1.54, 1.807) is 12.2 Å². The van der Waals surface area contributed by atoms with E-state index in [1.807, 2.05) is 44.2 Å². The Balaban J connectivity index is 2.16. The van der Waals surface area contributed by atoms with E-state index >= 15 is 0 Å². The van der Waals surface area contributed by atoms with E-state index in [2.05, 4.69) is 5.32 Å². The standard InChI is InChI=1S/C16H16ClNO/c1-11-3-8-14(9-4-11)18-16(19)15-10-7-13(17)6-5-12(15)2/h3-4,6-10H,5H2,1-2H3,(H,18,19). The van der Waals surface area contributed by atoms with Gasteiger partial charge in [0.05, 0.1) is 0 Å². The molecule has 2 nitrogen and oxygen atoms in total. The summed E-state index contributed by atoms with van der Waals surface area (Å²) >= 11 is 5.95. The number of carbonyl (C=O) groups excluding carboxylic acids is 1. The fraction of sp³-hybridized carbons (Fsp3) is 0.188. The highest BCUT2D eigenvalue weighted by molar-refractivity contribution is 6.31. The number of amides is 1. The fourth-order valence-corrected chi connectivity index (χ4v) is 1.98. The smallest absolute Gasteiger partial charge is 0.255 e. The van der Waals surface area contributed by atoms with Gasteiger partial charge in [-0.05, 0) is 44.6 Å². The van der Waals surface area contributed by atoms with E-state index in [4.69, 9.17) is 11.6 Å². The molecule has 0 spiro atoms. The molecule has 0 aliphatic heterocycles. The van der Waals surface area contributed by atoms with Crippen molar-refractivity contribution >= 4 is 23.2 Å². The normalized spacial score (nSPS) is 15.0. The van der Waals surface area contributed by atoms with E-state index in [1.165, 1.54) is 5.56 Å². The van der Waals surface area contributed by atoms with Gasteiger partial charge >= 0.3 is 0 Å². The van der Waals surface area contributed by atoms with Crippen molar-refractivity contribution in [2.45, 2.75) is 20.3 Å². The van der Waals surface area contributed by atoms with Crippen molar-refractivity contribution in [3.8, 4) is 0 Å². The first-order valence-electron chi connectivity index (χ1n) is 6.18. The number of rotatable bonds is 2. The number of carbonyl (C=O) groups is 1. The van der Waals surface area contributed by atoms with E-state index in [0.29, 0.717) is 17.0 Å². The summed E-state index contributed by atoms with van der Waals surface area (Å²) in [6.07, 6.45) is 6.12. The molecule has 1 aliphatic rings. The highest BCUT2D eigenvalue weighted by atomic mass is 35.5. The fourth-order valence-electron chi connectivity index (χ4n) is 1.84. The van der Waals surface area contributed by atoms with Gasteiger partial charge in [-0.3, -0.25) is 4.79 Å². The lowest BCUT2D eigenvalue weighted by Gasteiger charge is -2.08. The molecule has 0 aromatic heterocycles. The van der Waals surface area contributed by atoms with Crippen LogP contribution in [0, 0.1) is 6.92 Å². The van der Waals surface area contributed by atoms with E-state index in [-0.39, 0.29) is 5.91 Å². The van der Waals surface area contributed by atoms with Crippen molar-refractivity contribution < 1.29 is 4.79 Å². The van der Waals surface area contributed by atoms with Crippen LogP contribution in [0.4, 0.5) is 5.69 Å². The second kappa shape index (κ2) is 5.89. The Hall–Kier alpha value is -1.80. The summed E-state index contributed by atoms with van der Waals surface area (Å²) in [5.74, 6) is -0.0997. The predicted octanol–water partition coefficient (Wildman–Crippen LogP) is 4.33. The minimum absolute atomic E-state index is 0.0997. The van der Waals surface area contributed by atoms with Gasteiger partial charge in [-0.25, -0.2) is 0 Å². The third kappa shape index (κ3) is 3.58. The third-order valence-electron chi connectivity index (χ3n) is 3.03. The molecular weight excluding hydrogens is 258 g/mol. The van der Waals surface area contributed by atoms with E-state index in [9.17, 15) is 4.79 Å². The Morgan fingerprint density at radius 1 is 1.16 bits per heavy atom. The lowest BCUT2D eigenvalue weighted by Crippen LogP contribution is -2.14. The van der Waals surface area contributed by atoms with Crippen LogP contribution in [0.15, 0.2) is 58.7 Å². The van der Waals surface area contributed by atoms with Crippen LogP contribution in [0.1, 0.15) is 18.9 Å². The van der Waals surface area contributed by atoms with Crippen LogP contribution < -0.4 is 5.32 Å². The first-order chi connectivity index (χ1) is 9.06. The van der Waals surface area contributed by atoms with Gasteiger partial charge in [0.15, 0.2) is 0 Å². The van der Waals surface area contributed by atoms with Crippen molar-refractivity contribution in [2.24, 2.45) is 0 Å². The van der Waals surface area contributed by atoms with Gasteiger partial charge in [0, 0.05) is 16.3 Å². The number of anilines is 1. The van der Waals surface area contributed by atoms with Gasteiger partial charge < -0.3 is 5.32 Å².